The molecule has 2 amide bonds. The monoisotopic (exact) mass is 415 g/mol. The predicted molar refractivity (Wildman–Crippen MR) is 116 cm³/mol. The Bertz CT molecular complexity index is 851. The van der Waals surface area contributed by atoms with Crippen LogP contribution in [0, 0.1) is 5.92 Å². The van der Waals surface area contributed by atoms with Gasteiger partial charge in [-0.15, -0.1) is 0 Å². The molecule has 2 rings (SSSR count). The van der Waals surface area contributed by atoms with Gasteiger partial charge < -0.3 is 10.1 Å². The van der Waals surface area contributed by atoms with Crippen LogP contribution in [0.3, 0.4) is 0 Å². The van der Waals surface area contributed by atoms with Crippen LogP contribution in [0.15, 0.2) is 53.6 Å². The molecule has 0 saturated carbocycles. The van der Waals surface area contributed by atoms with E-state index in [1.807, 2.05) is 45.0 Å². The predicted octanol–water partition coefficient (Wildman–Crippen LogP) is 4.03. The highest BCUT2D eigenvalue weighted by Crippen LogP contribution is 2.16. The molecule has 29 heavy (non-hydrogen) atoms. The van der Waals surface area contributed by atoms with Crippen molar-refractivity contribution in [1.82, 2.24) is 10.7 Å². The van der Waals surface area contributed by atoms with E-state index in [1.54, 1.807) is 24.3 Å². The van der Waals surface area contributed by atoms with Crippen molar-refractivity contribution in [1.29, 1.82) is 0 Å². The third-order valence-corrected chi connectivity index (χ3v) is 4.35. The summed E-state index contributed by atoms with van der Waals surface area (Å²) >= 11 is 5.85. The average Bonchev–Trinajstić information content (AvgIpc) is 2.71. The summed E-state index contributed by atoms with van der Waals surface area (Å²) < 4.78 is 5.67. The summed E-state index contributed by atoms with van der Waals surface area (Å²) in [6.07, 6.45) is 2.42. The van der Waals surface area contributed by atoms with Gasteiger partial charge in [-0.2, -0.15) is 5.10 Å². The van der Waals surface area contributed by atoms with E-state index in [2.05, 4.69) is 15.8 Å². The number of ether oxygens (including phenoxy) is 1. The number of hydrogen-bond acceptors (Lipinski definition) is 4. The maximum absolute atomic E-state index is 12.6. The van der Waals surface area contributed by atoms with Crippen molar-refractivity contribution in [3.05, 3.63) is 64.7 Å². The molecule has 1 atom stereocenters. The van der Waals surface area contributed by atoms with Gasteiger partial charge in [-0.25, -0.2) is 5.43 Å². The maximum atomic E-state index is 12.6. The summed E-state index contributed by atoms with van der Waals surface area (Å²) in [5, 5.41) is 7.32. The number of carbonyl (C=O) groups excluding carboxylic acids is 2. The van der Waals surface area contributed by atoms with Crippen LogP contribution in [-0.2, 0) is 4.79 Å². The number of hydrazone groups is 1. The topological polar surface area (TPSA) is 79.8 Å². The molecule has 154 valence electrons. The van der Waals surface area contributed by atoms with Gasteiger partial charge in [0.25, 0.3) is 11.8 Å². The molecule has 0 fully saturated rings. The first kappa shape index (κ1) is 22.4. The molecule has 0 saturated heterocycles. The molecule has 1 unspecified atom stereocenters. The standard InChI is InChI=1S/C22H26ClN3O3/c1-4-13-29-19-8-6-5-7-17(19)14-24-26-22(28)20(15(2)3)25-21(27)16-9-11-18(23)12-10-16/h5-12,14-15,20H,4,13H2,1-3H3,(H,25,27)(H,26,28). The second-order valence-electron chi connectivity index (χ2n) is 6.82. The lowest BCUT2D eigenvalue weighted by Gasteiger charge is -2.20. The smallest absolute Gasteiger partial charge is 0.262 e. The highest BCUT2D eigenvalue weighted by atomic mass is 35.5. The van der Waals surface area contributed by atoms with Gasteiger partial charge in [0, 0.05) is 16.1 Å². The van der Waals surface area contributed by atoms with Gasteiger partial charge in [-0.1, -0.05) is 44.5 Å². The number of carbonyl (C=O) groups is 2. The SMILES string of the molecule is CCCOc1ccccc1C=NNC(=O)C(NC(=O)c1ccc(Cl)cc1)C(C)C. The molecule has 0 aromatic heterocycles. The number of halogens is 1. The number of rotatable bonds is 9. The lowest BCUT2D eigenvalue weighted by Crippen LogP contribution is -2.48. The van der Waals surface area contributed by atoms with E-state index in [0.717, 1.165) is 12.0 Å². The normalized spacial score (nSPS) is 12.0. The maximum Gasteiger partial charge on any atom is 0.262 e. The zero-order chi connectivity index (χ0) is 21.2. The fourth-order valence-electron chi connectivity index (χ4n) is 2.53. The highest BCUT2D eigenvalue weighted by molar-refractivity contribution is 6.30. The number of amides is 2. The van der Waals surface area contributed by atoms with E-state index in [1.165, 1.54) is 6.21 Å². The molecular formula is C22H26ClN3O3. The first-order valence-corrected chi connectivity index (χ1v) is 9.91. The van der Waals surface area contributed by atoms with Crippen LogP contribution in [-0.4, -0.2) is 30.7 Å². The van der Waals surface area contributed by atoms with Crippen LogP contribution in [0.2, 0.25) is 5.02 Å². The van der Waals surface area contributed by atoms with Gasteiger partial charge in [0.1, 0.15) is 11.8 Å². The van der Waals surface area contributed by atoms with Gasteiger partial charge >= 0.3 is 0 Å². The van der Waals surface area contributed by atoms with Crippen LogP contribution in [0.1, 0.15) is 43.1 Å². The minimum Gasteiger partial charge on any atom is -0.493 e. The Hall–Kier alpha value is -2.86. The van der Waals surface area contributed by atoms with Gasteiger partial charge in [-0.3, -0.25) is 9.59 Å². The van der Waals surface area contributed by atoms with E-state index in [4.69, 9.17) is 16.3 Å². The van der Waals surface area contributed by atoms with Crippen molar-refractivity contribution in [2.45, 2.75) is 33.2 Å². The number of benzene rings is 2. The van der Waals surface area contributed by atoms with E-state index in [-0.39, 0.29) is 11.8 Å². The second kappa shape index (κ2) is 11.2. The van der Waals surface area contributed by atoms with Crippen LogP contribution in [0.25, 0.3) is 0 Å². The van der Waals surface area contributed by atoms with Crippen LogP contribution < -0.4 is 15.5 Å². The molecular weight excluding hydrogens is 390 g/mol. The van der Waals surface area contributed by atoms with Crippen molar-refractivity contribution in [3.63, 3.8) is 0 Å². The molecule has 0 radical (unpaired) electrons. The van der Waals surface area contributed by atoms with Crippen molar-refractivity contribution in [3.8, 4) is 5.75 Å². The molecule has 7 heteroatoms. The summed E-state index contributed by atoms with van der Waals surface area (Å²) in [7, 11) is 0. The van der Waals surface area contributed by atoms with Gasteiger partial charge in [0.05, 0.1) is 12.8 Å². The second-order valence-corrected chi connectivity index (χ2v) is 7.26. The highest BCUT2D eigenvalue weighted by Gasteiger charge is 2.24. The van der Waals surface area contributed by atoms with Crippen molar-refractivity contribution in [2.75, 3.05) is 6.61 Å². The van der Waals surface area contributed by atoms with Crippen molar-refractivity contribution >= 4 is 29.6 Å². The van der Waals surface area contributed by atoms with Crippen LogP contribution >= 0.6 is 11.6 Å². The summed E-state index contributed by atoms with van der Waals surface area (Å²) in [5.74, 6) is -0.172. The molecule has 0 bridgehead atoms. The third-order valence-electron chi connectivity index (χ3n) is 4.10. The molecule has 6 nitrogen and oxygen atoms in total. The number of nitrogens with zero attached hydrogens (tertiary/aromatic N) is 1. The van der Waals surface area contributed by atoms with E-state index < -0.39 is 11.9 Å². The molecule has 0 spiro atoms. The first-order chi connectivity index (χ1) is 13.9. The Morgan fingerprint density at radius 1 is 1.14 bits per heavy atom. The Morgan fingerprint density at radius 3 is 2.48 bits per heavy atom. The molecule has 2 N–H and O–H groups in total. The number of para-hydroxylation sites is 1. The largest absolute Gasteiger partial charge is 0.493 e. The molecule has 2 aromatic rings. The Morgan fingerprint density at radius 2 is 1.83 bits per heavy atom. The molecule has 0 aliphatic carbocycles. The Balaban J connectivity index is 2.02. The summed E-state index contributed by atoms with van der Waals surface area (Å²) in [6, 6.07) is 13.2. The number of nitrogens with one attached hydrogen (secondary N) is 2. The fourth-order valence-corrected chi connectivity index (χ4v) is 2.65. The summed E-state index contributed by atoms with van der Waals surface area (Å²) in [5.41, 5.74) is 3.69. The molecule has 0 aliphatic rings. The van der Waals surface area contributed by atoms with Crippen molar-refractivity contribution < 1.29 is 14.3 Å². The van der Waals surface area contributed by atoms with Crippen LogP contribution in [0.5, 0.6) is 5.75 Å². The van der Waals surface area contributed by atoms with Gasteiger partial charge in [-0.05, 0) is 48.7 Å². The number of hydrogen-bond donors (Lipinski definition) is 2. The fraction of sp³-hybridized carbons (Fsp3) is 0.318. The van der Waals surface area contributed by atoms with Gasteiger partial charge in [0.15, 0.2) is 0 Å². The summed E-state index contributed by atoms with van der Waals surface area (Å²) in [6.45, 7) is 6.33. The van der Waals surface area contributed by atoms with Gasteiger partial charge in [0.2, 0.25) is 0 Å². The molecule has 0 aliphatic heterocycles. The van der Waals surface area contributed by atoms with E-state index in [9.17, 15) is 9.59 Å². The minimum atomic E-state index is -0.734. The van der Waals surface area contributed by atoms with Crippen LogP contribution in [0.4, 0.5) is 0 Å². The lowest BCUT2D eigenvalue weighted by atomic mass is 10.0. The minimum absolute atomic E-state index is 0.123. The first-order valence-electron chi connectivity index (χ1n) is 9.53. The molecule has 0 heterocycles. The Kier molecular flexibility index (Phi) is 8.68. The lowest BCUT2D eigenvalue weighted by molar-refractivity contribution is -0.123. The molecule has 2 aromatic carbocycles. The zero-order valence-corrected chi connectivity index (χ0v) is 17.6. The van der Waals surface area contributed by atoms with Crippen molar-refractivity contribution in [2.24, 2.45) is 11.0 Å². The quantitative estimate of drug-likeness (QED) is 0.479. The van der Waals surface area contributed by atoms with E-state index >= 15 is 0 Å². The Labute approximate surface area is 176 Å². The summed E-state index contributed by atoms with van der Waals surface area (Å²) in [4.78, 5) is 25.0. The zero-order valence-electron chi connectivity index (χ0n) is 16.8. The third kappa shape index (κ3) is 6.91. The van der Waals surface area contributed by atoms with E-state index in [0.29, 0.717) is 22.9 Å². The average molecular weight is 416 g/mol.